The summed E-state index contributed by atoms with van der Waals surface area (Å²) >= 11 is 0. The Morgan fingerprint density at radius 1 is 0.824 bits per heavy atom. The molecule has 0 unspecified atom stereocenters. The minimum Gasteiger partial charge on any atom is -0.390 e. The summed E-state index contributed by atoms with van der Waals surface area (Å²) in [6.45, 7) is 1.60. The lowest BCUT2D eigenvalue weighted by atomic mass is 9.82. The molecule has 17 heavy (non-hydrogen) atoms. The molecule has 0 fully saturated rings. The van der Waals surface area contributed by atoms with Crippen molar-refractivity contribution in [2.24, 2.45) is 0 Å². The molecule has 2 aromatic carbocycles. The Bertz CT molecular complexity index is 423. The fraction of sp³-hybridized carbons (Fsp3) is 0.200. The lowest BCUT2D eigenvalue weighted by Gasteiger charge is -2.32. The Morgan fingerprint density at radius 2 is 1.18 bits per heavy atom. The summed E-state index contributed by atoms with van der Waals surface area (Å²) in [5, 5.41) is 20.7. The molecule has 2 nitrogen and oxygen atoms in total. The van der Waals surface area contributed by atoms with Crippen LogP contribution in [0.2, 0.25) is 0 Å². The van der Waals surface area contributed by atoms with Crippen molar-refractivity contribution in [2.75, 3.05) is 0 Å². The highest BCUT2D eigenvalue weighted by Gasteiger charge is 2.36. The molecule has 0 heterocycles. The summed E-state index contributed by atoms with van der Waals surface area (Å²) in [7, 11) is 0. The zero-order valence-corrected chi connectivity index (χ0v) is 9.75. The van der Waals surface area contributed by atoms with Crippen molar-refractivity contribution in [3.8, 4) is 0 Å². The van der Waals surface area contributed by atoms with Crippen molar-refractivity contribution in [3.63, 3.8) is 0 Å². The van der Waals surface area contributed by atoms with Crippen LogP contribution in [0.5, 0.6) is 0 Å². The third-order valence-electron chi connectivity index (χ3n) is 3.03. The maximum absolute atomic E-state index is 10.8. The number of aliphatic hydroxyl groups excluding tert-OH is 1. The number of benzene rings is 2. The number of hydrogen-bond acceptors (Lipinski definition) is 2. The van der Waals surface area contributed by atoms with Gasteiger partial charge in [-0.15, -0.1) is 0 Å². The molecule has 0 saturated carbocycles. The van der Waals surface area contributed by atoms with Gasteiger partial charge in [0.2, 0.25) is 0 Å². The van der Waals surface area contributed by atoms with Crippen LogP contribution in [0.25, 0.3) is 0 Å². The van der Waals surface area contributed by atoms with Gasteiger partial charge in [-0.2, -0.15) is 0 Å². The van der Waals surface area contributed by atoms with Crippen molar-refractivity contribution in [2.45, 2.75) is 18.6 Å². The van der Waals surface area contributed by atoms with Gasteiger partial charge in [-0.25, -0.2) is 0 Å². The van der Waals surface area contributed by atoms with Crippen LogP contribution < -0.4 is 0 Å². The molecule has 0 saturated heterocycles. The standard InChI is InChI=1S/C15H16O2/c1-12(16)15(17,13-8-4-2-5-9-13)14-10-6-3-7-11-14/h2-12,16-17H,1H3/t12-/m1/s1. The van der Waals surface area contributed by atoms with Crippen molar-refractivity contribution < 1.29 is 10.2 Å². The highest BCUT2D eigenvalue weighted by atomic mass is 16.3. The highest BCUT2D eigenvalue weighted by Crippen LogP contribution is 2.32. The molecule has 0 radical (unpaired) electrons. The summed E-state index contributed by atoms with van der Waals surface area (Å²) in [6, 6.07) is 18.5. The van der Waals surface area contributed by atoms with E-state index >= 15 is 0 Å². The summed E-state index contributed by atoms with van der Waals surface area (Å²) in [4.78, 5) is 0. The highest BCUT2D eigenvalue weighted by molar-refractivity contribution is 5.37. The maximum atomic E-state index is 10.8. The van der Waals surface area contributed by atoms with Crippen molar-refractivity contribution in [3.05, 3.63) is 71.8 Å². The monoisotopic (exact) mass is 228 g/mol. The Hall–Kier alpha value is -1.64. The van der Waals surface area contributed by atoms with E-state index in [1.165, 1.54) is 0 Å². The van der Waals surface area contributed by atoms with Crippen LogP contribution in [-0.2, 0) is 5.60 Å². The molecule has 0 aliphatic rings. The Labute approximate surface area is 101 Å². The first-order chi connectivity index (χ1) is 8.15. The largest absolute Gasteiger partial charge is 0.390 e. The van der Waals surface area contributed by atoms with Gasteiger partial charge < -0.3 is 10.2 Å². The molecule has 0 bridgehead atoms. The van der Waals surface area contributed by atoms with Crippen LogP contribution in [0.15, 0.2) is 60.7 Å². The van der Waals surface area contributed by atoms with E-state index in [9.17, 15) is 10.2 Å². The van der Waals surface area contributed by atoms with Crippen molar-refractivity contribution in [1.82, 2.24) is 0 Å². The lowest BCUT2D eigenvalue weighted by Crippen LogP contribution is -2.38. The molecule has 0 aliphatic heterocycles. The quantitative estimate of drug-likeness (QED) is 0.846. The van der Waals surface area contributed by atoms with E-state index in [2.05, 4.69) is 0 Å². The van der Waals surface area contributed by atoms with E-state index in [0.717, 1.165) is 0 Å². The number of aliphatic hydroxyl groups is 2. The van der Waals surface area contributed by atoms with Gasteiger partial charge >= 0.3 is 0 Å². The first-order valence-corrected chi connectivity index (χ1v) is 5.67. The fourth-order valence-electron chi connectivity index (χ4n) is 2.03. The van der Waals surface area contributed by atoms with Crippen LogP contribution in [0.1, 0.15) is 18.1 Å². The van der Waals surface area contributed by atoms with Gasteiger partial charge in [-0.05, 0) is 18.1 Å². The SMILES string of the molecule is C[C@@H](O)C(O)(c1ccccc1)c1ccccc1. The van der Waals surface area contributed by atoms with E-state index in [4.69, 9.17) is 0 Å². The predicted octanol–water partition coefficient (Wildman–Crippen LogP) is 2.30. The van der Waals surface area contributed by atoms with E-state index in [-0.39, 0.29) is 0 Å². The van der Waals surface area contributed by atoms with Crippen LogP contribution in [0, 0.1) is 0 Å². The molecule has 2 N–H and O–H groups in total. The zero-order chi connectivity index (χ0) is 12.3. The summed E-state index contributed by atoms with van der Waals surface area (Å²) in [5.74, 6) is 0. The normalized spacial score (nSPS) is 13.4. The van der Waals surface area contributed by atoms with Crippen molar-refractivity contribution >= 4 is 0 Å². The molecule has 2 heteroatoms. The molecule has 88 valence electrons. The van der Waals surface area contributed by atoms with Crippen LogP contribution in [0.4, 0.5) is 0 Å². The topological polar surface area (TPSA) is 40.5 Å². The lowest BCUT2D eigenvalue weighted by molar-refractivity contribution is -0.0394. The molecular formula is C15H16O2. The van der Waals surface area contributed by atoms with Crippen LogP contribution in [-0.4, -0.2) is 16.3 Å². The Morgan fingerprint density at radius 3 is 1.47 bits per heavy atom. The summed E-state index contributed by atoms with van der Waals surface area (Å²) in [6.07, 6.45) is -0.882. The summed E-state index contributed by atoms with van der Waals surface area (Å²) < 4.78 is 0. The molecule has 1 atom stereocenters. The zero-order valence-electron chi connectivity index (χ0n) is 9.75. The molecule has 2 rings (SSSR count). The molecule has 0 spiro atoms. The van der Waals surface area contributed by atoms with Crippen LogP contribution >= 0.6 is 0 Å². The van der Waals surface area contributed by atoms with Crippen LogP contribution in [0.3, 0.4) is 0 Å². The smallest absolute Gasteiger partial charge is 0.140 e. The van der Waals surface area contributed by atoms with Crippen molar-refractivity contribution in [1.29, 1.82) is 0 Å². The van der Waals surface area contributed by atoms with Gasteiger partial charge in [0.25, 0.3) is 0 Å². The van der Waals surface area contributed by atoms with Gasteiger partial charge in [0, 0.05) is 0 Å². The van der Waals surface area contributed by atoms with Gasteiger partial charge in [0.05, 0.1) is 6.10 Å². The second-order valence-electron chi connectivity index (χ2n) is 4.17. The molecule has 0 aromatic heterocycles. The second kappa shape index (κ2) is 4.70. The first-order valence-electron chi connectivity index (χ1n) is 5.67. The van der Waals surface area contributed by atoms with Gasteiger partial charge in [0.15, 0.2) is 0 Å². The van der Waals surface area contributed by atoms with Gasteiger partial charge in [0.1, 0.15) is 5.60 Å². The van der Waals surface area contributed by atoms with E-state index in [1.54, 1.807) is 6.92 Å². The third-order valence-corrected chi connectivity index (χ3v) is 3.03. The van der Waals surface area contributed by atoms with E-state index in [0.29, 0.717) is 11.1 Å². The Balaban J connectivity index is 2.55. The maximum Gasteiger partial charge on any atom is 0.140 e. The number of rotatable bonds is 3. The third kappa shape index (κ3) is 2.09. The first kappa shape index (κ1) is 11.8. The fourth-order valence-corrected chi connectivity index (χ4v) is 2.03. The number of hydrogen-bond donors (Lipinski definition) is 2. The van der Waals surface area contributed by atoms with E-state index in [1.807, 2.05) is 60.7 Å². The predicted molar refractivity (Wildman–Crippen MR) is 67.6 cm³/mol. The average molecular weight is 228 g/mol. The molecule has 0 amide bonds. The minimum atomic E-state index is -1.36. The molecular weight excluding hydrogens is 212 g/mol. The molecule has 0 aliphatic carbocycles. The Kier molecular flexibility index (Phi) is 3.27. The van der Waals surface area contributed by atoms with Gasteiger partial charge in [-0.1, -0.05) is 60.7 Å². The van der Waals surface area contributed by atoms with Gasteiger partial charge in [-0.3, -0.25) is 0 Å². The summed E-state index contributed by atoms with van der Waals surface area (Å²) in [5.41, 5.74) is 0.0325. The minimum absolute atomic E-state index is 0.696. The average Bonchev–Trinajstić information content (AvgIpc) is 2.39. The molecule has 2 aromatic rings. The van der Waals surface area contributed by atoms with E-state index < -0.39 is 11.7 Å². The second-order valence-corrected chi connectivity index (χ2v) is 4.17.